The van der Waals surface area contributed by atoms with Crippen LogP contribution >= 0.6 is 11.8 Å². The molecule has 0 fully saturated rings. The van der Waals surface area contributed by atoms with Crippen LogP contribution in [0, 0.1) is 5.92 Å². The van der Waals surface area contributed by atoms with Crippen LogP contribution in [0.4, 0.5) is 5.69 Å². The Morgan fingerprint density at radius 1 is 1.12 bits per heavy atom. The van der Waals surface area contributed by atoms with E-state index in [1.54, 1.807) is 23.9 Å². The summed E-state index contributed by atoms with van der Waals surface area (Å²) >= 11 is 1.60. The summed E-state index contributed by atoms with van der Waals surface area (Å²) in [6.45, 7) is 3.98. The van der Waals surface area contributed by atoms with E-state index in [0.717, 1.165) is 5.75 Å². The first-order chi connectivity index (χ1) is 12.0. The predicted molar refractivity (Wildman–Crippen MR) is 102 cm³/mol. The van der Waals surface area contributed by atoms with Crippen molar-refractivity contribution < 1.29 is 14.4 Å². The minimum Gasteiger partial charge on any atom is -0.347 e. The summed E-state index contributed by atoms with van der Waals surface area (Å²) in [7, 11) is 0. The van der Waals surface area contributed by atoms with E-state index in [1.807, 2.05) is 38.3 Å². The average molecular weight is 365 g/mol. The number of para-hydroxylation sites is 1. The summed E-state index contributed by atoms with van der Waals surface area (Å²) in [6.07, 6.45) is 3.48. The van der Waals surface area contributed by atoms with Crippen LogP contribution in [0.1, 0.15) is 26.7 Å². The maximum Gasteiger partial charge on any atom is 0.246 e. The molecule has 0 bridgehead atoms. The van der Waals surface area contributed by atoms with E-state index < -0.39 is 12.1 Å². The topological polar surface area (TPSA) is 87.3 Å². The van der Waals surface area contributed by atoms with Crippen LogP contribution in [0.25, 0.3) is 0 Å². The normalized spacial score (nSPS) is 13.0. The van der Waals surface area contributed by atoms with Crippen molar-refractivity contribution in [1.82, 2.24) is 10.6 Å². The summed E-state index contributed by atoms with van der Waals surface area (Å²) in [4.78, 5) is 35.8. The van der Waals surface area contributed by atoms with E-state index in [4.69, 9.17) is 0 Å². The molecule has 0 spiro atoms. The summed E-state index contributed by atoms with van der Waals surface area (Å²) in [6, 6.07) is 7.82. The third-order valence-corrected chi connectivity index (χ3v) is 4.22. The average Bonchev–Trinajstić information content (AvgIpc) is 2.58. The Balaban J connectivity index is 2.77. The van der Waals surface area contributed by atoms with Crippen molar-refractivity contribution in [3.05, 3.63) is 30.3 Å². The molecule has 3 amide bonds. The number of nitrogens with one attached hydrogen (secondary N) is 3. The second-order valence-corrected chi connectivity index (χ2v) is 7.15. The molecule has 1 aromatic rings. The zero-order chi connectivity index (χ0) is 18.7. The summed E-state index contributed by atoms with van der Waals surface area (Å²) in [5.74, 6) is 0.373. The molecule has 1 aromatic carbocycles. The Kier molecular flexibility index (Phi) is 9.69. The quantitative estimate of drug-likeness (QED) is 0.524. The number of carbonyl (C=O) groups is 3. The molecule has 0 saturated heterocycles. The standard InChI is InChI=1S/C18H27N3O3S/c1-13(2)11-16(18(24)20-14-7-5-4-6-8-14)21-17(23)15(19-12-22)9-10-25-3/h4-8,12-13,15-16H,9-11H2,1-3H3,(H,19,22)(H,20,24)(H,21,23). The van der Waals surface area contributed by atoms with Gasteiger partial charge in [-0.25, -0.2) is 0 Å². The number of rotatable bonds is 11. The van der Waals surface area contributed by atoms with Gasteiger partial charge < -0.3 is 16.0 Å². The van der Waals surface area contributed by atoms with Crippen LogP contribution in [0.5, 0.6) is 0 Å². The van der Waals surface area contributed by atoms with Gasteiger partial charge in [-0.3, -0.25) is 14.4 Å². The zero-order valence-electron chi connectivity index (χ0n) is 15.0. The number of hydrogen-bond donors (Lipinski definition) is 3. The number of thioether (sulfide) groups is 1. The number of anilines is 1. The fraction of sp³-hybridized carbons (Fsp3) is 0.500. The van der Waals surface area contributed by atoms with Gasteiger partial charge in [-0.2, -0.15) is 11.8 Å². The van der Waals surface area contributed by atoms with Crippen LogP contribution in [0.3, 0.4) is 0 Å². The number of hydrogen-bond acceptors (Lipinski definition) is 4. The number of carbonyl (C=O) groups excluding carboxylic acids is 3. The lowest BCUT2D eigenvalue weighted by Gasteiger charge is -2.23. The molecular weight excluding hydrogens is 338 g/mol. The van der Waals surface area contributed by atoms with Gasteiger partial charge in [0.05, 0.1) is 0 Å². The van der Waals surface area contributed by atoms with Crippen LogP contribution in [-0.4, -0.2) is 42.3 Å². The molecule has 3 N–H and O–H groups in total. The molecule has 6 nitrogen and oxygen atoms in total. The van der Waals surface area contributed by atoms with Gasteiger partial charge in [-0.15, -0.1) is 0 Å². The molecule has 0 aromatic heterocycles. The van der Waals surface area contributed by atoms with Gasteiger partial charge in [0.2, 0.25) is 18.2 Å². The van der Waals surface area contributed by atoms with Crippen molar-refractivity contribution in [2.24, 2.45) is 5.92 Å². The van der Waals surface area contributed by atoms with Crippen LogP contribution in [-0.2, 0) is 14.4 Å². The Labute approximate surface area is 153 Å². The Bertz CT molecular complexity index is 552. The SMILES string of the molecule is CSCCC(NC=O)C(=O)NC(CC(C)C)C(=O)Nc1ccccc1. The molecule has 0 saturated carbocycles. The number of benzene rings is 1. The minimum atomic E-state index is -0.655. The molecule has 2 unspecified atom stereocenters. The second-order valence-electron chi connectivity index (χ2n) is 6.16. The lowest BCUT2D eigenvalue weighted by atomic mass is 10.0. The first kappa shape index (κ1) is 21.0. The van der Waals surface area contributed by atoms with Gasteiger partial charge in [0.1, 0.15) is 12.1 Å². The van der Waals surface area contributed by atoms with E-state index in [0.29, 0.717) is 24.9 Å². The zero-order valence-corrected chi connectivity index (χ0v) is 15.8. The smallest absolute Gasteiger partial charge is 0.246 e. The first-order valence-corrected chi connectivity index (χ1v) is 9.72. The van der Waals surface area contributed by atoms with Crippen molar-refractivity contribution in [3.63, 3.8) is 0 Å². The molecule has 1 rings (SSSR count). The van der Waals surface area contributed by atoms with Crippen molar-refractivity contribution in [2.75, 3.05) is 17.3 Å². The van der Waals surface area contributed by atoms with Crippen molar-refractivity contribution >= 4 is 35.7 Å². The molecule has 0 aliphatic carbocycles. The monoisotopic (exact) mass is 365 g/mol. The van der Waals surface area contributed by atoms with Crippen molar-refractivity contribution in [3.8, 4) is 0 Å². The maximum absolute atomic E-state index is 12.6. The molecule has 0 heterocycles. The molecule has 0 aliphatic heterocycles. The van der Waals surface area contributed by atoms with Crippen molar-refractivity contribution in [2.45, 2.75) is 38.8 Å². The highest BCUT2D eigenvalue weighted by Crippen LogP contribution is 2.11. The lowest BCUT2D eigenvalue weighted by molar-refractivity contribution is -0.129. The fourth-order valence-corrected chi connectivity index (χ4v) is 2.81. The van der Waals surface area contributed by atoms with E-state index in [2.05, 4.69) is 16.0 Å². The van der Waals surface area contributed by atoms with Gasteiger partial charge in [-0.1, -0.05) is 32.0 Å². The van der Waals surface area contributed by atoms with Gasteiger partial charge >= 0.3 is 0 Å². The fourth-order valence-electron chi connectivity index (χ4n) is 2.33. The minimum absolute atomic E-state index is 0.232. The Hall–Kier alpha value is -2.02. The van der Waals surface area contributed by atoms with Crippen LogP contribution in [0.15, 0.2) is 30.3 Å². The Morgan fingerprint density at radius 3 is 2.36 bits per heavy atom. The highest BCUT2D eigenvalue weighted by molar-refractivity contribution is 7.98. The number of amides is 3. The second kappa shape index (κ2) is 11.5. The third-order valence-electron chi connectivity index (χ3n) is 3.58. The summed E-state index contributed by atoms with van der Waals surface area (Å²) < 4.78 is 0. The van der Waals surface area contributed by atoms with Gasteiger partial charge in [0.25, 0.3) is 0 Å². The summed E-state index contributed by atoms with van der Waals surface area (Å²) in [5, 5.41) is 8.13. The molecule has 0 radical (unpaired) electrons. The molecule has 0 aliphatic rings. The summed E-state index contributed by atoms with van der Waals surface area (Å²) in [5.41, 5.74) is 0.681. The van der Waals surface area contributed by atoms with E-state index in [9.17, 15) is 14.4 Å². The van der Waals surface area contributed by atoms with Gasteiger partial charge in [0.15, 0.2) is 0 Å². The largest absolute Gasteiger partial charge is 0.347 e. The predicted octanol–water partition coefficient (Wildman–Crippen LogP) is 2.02. The van der Waals surface area contributed by atoms with E-state index in [-0.39, 0.29) is 17.7 Å². The van der Waals surface area contributed by atoms with Gasteiger partial charge in [-0.05, 0) is 42.9 Å². The first-order valence-electron chi connectivity index (χ1n) is 8.32. The van der Waals surface area contributed by atoms with E-state index in [1.165, 1.54) is 0 Å². The van der Waals surface area contributed by atoms with Gasteiger partial charge in [0, 0.05) is 5.69 Å². The molecule has 7 heteroatoms. The highest BCUT2D eigenvalue weighted by Gasteiger charge is 2.26. The van der Waals surface area contributed by atoms with Crippen LogP contribution in [0.2, 0.25) is 0 Å². The maximum atomic E-state index is 12.6. The third kappa shape index (κ3) is 8.07. The highest BCUT2D eigenvalue weighted by atomic mass is 32.2. The van der Waals surface area contributed by atoms with Crippen LogP contribution < -0.4 is 16.0 Å². The molecular formula is C18H27N3O3S. The molecule has 25 heavy (non-hydrogen) atoms. The van der Waals surface area contributed by atoms with E-state index >= 15 is 0 Å². The lowest BCUT2D eigenvalue weighted by Crippen LogP contribution is -2.51. The molecule has 2 atom stereocenters. The molecule has 138 valence electrons. The van der Waals surface area contributed by atoms with Crippen molar-refractivity contribution in [1.29, 1.82) is 0 Å². The Morgan fingerprint density at radius 2 is 1.80 bits per heavy atom.